The van der Waals surface area contributed by atoms with Crippen molar-refractivity contribution < 1.29 is 18.0 Å². The SMILES string of the molecule is Cc1ccc(C)c(Nc2nccc(C(=O)Nc3ccccc3C(F)(F)F)n2)c1. The number of alkyl halides is 3. The summed E-state index contributed by atoms with van der Waals surface area (Å²) in [7, 11) is 0. The third kappa shape index (κ3) is 4.46. The van der Waals surface area contributed by atoms with Gasteiger partial charge in [-0.15, -0.1) is 0 Å². The van der Waals surface area contributed by atoms with Crippen LogP contribution in [0.3, 0.4) is 0 Å². The minimum absolute atomic E-state index is 0.0558. The second-order valence-corrected chi connectivity index (χ2v) is 6.21. The molecule has 1 amide bonds. The number of rotatable bonds is 4. The number of amides is 1. The number of halogens is 3. The first kappa shape index (κ1) is 19.3. The summed E-state index contributed by atoms with van der Waals surface area (Å²) in [5, 5.41) is 5.29. The molecule has 0 fully saturated rings. The first-order valence-electron chi connectivity index (χ1n) is 8.39. The van der Waals surface area contributed by atoms with Gasteiger partial charge in [-0.05, 0) is 49.2 Å². The number of nitrogens with one attached hydrogen (secondary N) is 2. The van der Waals surface area contributed by atoms with E-state index in [2.05, 4.69) is 20.6 Å². The monoisotopic (exact) mass is 386 g/mol. The summed E-state index contributed by atoms with van der Waals surface area (Å²) in [6.45, 7) is 3.85. The lowest BCUT2D eigenvalue weighted by molar-refractivity contribution is -0.136. The van der Waals surface area contributed by atoms with Gasteiger partial charge in [0.2, 0.25) is 5.95 Å². The highest BCUT2D eigenvalue weighted by Crippen LogP contribution is 2.34. The highest BCUT2D eigenvalue weighted by molar-refractivity contribution is 6.03. The predicted molar refractivity (Wildman–Crippen MR) is 101 cm³/mol. The zero-order chi connectivity index (χ0) is 20.3. The van der Waals surface area contributed by atoms with Crippen LogP contribution in [0, 0.1) is 13.8 Å². The molecule has 0 spiro atoms. The summed E-state index contributed by atoms with van der Waals surface area (Å²) >= 11 is 0. The maximum Gasteiger partial charge on any atom is 0.418 e. The number of nitrogens with zero attached hydrogens (tertiary/aromatic N) is 2. The van der Waals surface area contributed by atoms with E-state index in [0.29, 0.717) is 0 Å². The molecule has 2 aromatic carbocycles. The summed E-state index contributed by atoms with van der Waals surface area (Å²) in [5.74, 6) is -0.589. The van der Waals surface area contributed by atoms with Gasteiger partial charge in [-0.25, -0.2) is 9.97 Å². The number of para-hydroxylation sites is 1. The van der Waals surface area contributed by atoms with E-state index < -0.39 is 17.6 Å². The molecular weight excluding hydrogens is 369 g/mol. The molecule has 1 heterocycles. The molecule has 0 saturated carbocycles. The molecule has 0 aliphatic rings. The number of carbonyl (C=O) groups is 1. The Bertz CT molecular complexity index is 1020. The maximum absolute atomic E-state index is 13.1. The topological polar surface area (TPSA) is 66.9 Å². The van der Waals surface area contributed by atoms with E-state index in [-0.39, 0.29) is 17.3 Å². The molecule has 3 rings (SSSR count). The van der Waals surface area contributed by atoms with Crippen LogP contribution in [-0.2, 0) is 6.18 Å². The van der Waals surface area contributed by atoms with Crippen molar-refractivity contribution >= 4 is 23.2 Å². The molecular formula is C20H17F3N4O. The van der Waals surface area contributed by atoms with Gasteiger partial charge in [0.1, 0.15) is 5.69 Å². The van der Waals surface area contributed by atoms with Crippen LogP contribution in [0.4, 0.5) is 30.5 Å². The van der Waals surface area contributed by atoms with Crippen molar-refractivity contribution in [3.63, 3.8) is 0 Å². The zero-order valence-electron chi connectivity index (χ0n) is 15.1. The van der Waals surface area contributed by atoms with Crippen molar-refractivity contribution in [2.45, 2.75) is 20.0 Å². The van der Waals surface area contributed by atoms with Crippen molar-refractivity contribution in [2.24, 2.45) is 0 Å². The summed E-state index contributed by atoms with van der Waals surface area (Å²) in [5.41, 5.74) is 1.46. The van der Waals surface area contributed by atoms with Crippen LogP contribution in [0.15, 0.2) is 54.7 Å². The fourth-order valence-corrected chi connectivity index (χ4v) is 2.56. The van der Waals surface area contributed by atoms with E-state index in [9.17, 15) is 18.0 Å². The highest BCUT2D eigenvalue weighted by Gasteiger charge is 2.33. The molecule has 144 valence electrons. The standard InChI is InChI=1S/C20H17F3N4O/c1-12-7-8-13(2)17(11-12)27-19-24-10-9-16(26-19)18(28)25-15-6-4-3-5-14(15)20(21,22)23/h3-11H,1-2H3,(H,25,28)(H,24,26,27). The van der Waals surface area contributed by atoms with Crippen LogP contribution >= 0.6 is 0 Å². The molecule has 0 aliphatic heterocycles. The van der Waals surface area contributed by atoms with Crippen LogP contribution in [-0.4, -0.2) is 15.9 Å². The van der Waals surface area contributed by atoms with E-state index in [1.165, 1.54) is 30.5 Å². The fraction of sp³-hybridized carbons (Fsp3) is 0.150. The number of hydrogen-bond acceptors (Lipinski definition) is 4. The molecule has 5 nitrogen and oxygen atoms in total. The summed E-state index contributed by atoms with van der Waals surface area (Å²) in [6.07, 6.45) is -3.21. The number of hydrogen-bond donors (Lipinski definition) is 2. The quantitative estimate of drug-likeness (QED) is 0.654. The van der Waals surface area contributed by atoms with Gasteiger partial charge in [0.05, 0.1) is 11.3 Å². The predicted octanol–water partition coefficient (Wildman–Crippen LogP) is 5.11. The van der Waals surface area contributed by atoms with Gasteiger partial charge < -0.3 is 10.6 Å². The lowest BCUT2D eigenvalue weighted by Crippen LogP contribution is -2.18. The Morgan fingerprint density at radius 2 is 1.75 bits per heavy atom. The summed E-state index contributed by atoms with van der Waals surface area (Å²) < 4.78 is 39.3. The Morgan fingerprint density at radius 1 is 1.00 bits per heavy atom. The Labute approximate surface area is 159 Å². The largest absolute Gasteiger partial charge is 0.418 e. The minimum Gasteiger partial charge on any atom is -0.324 e. The molecule has 0 radical (unpaired) electrons. The number of aryl methyl sites for hydroxylation is 2. The molecule has 8 heteroatoms. The van der Waals surface area contributed by atoms with Gasteiger partial charge >= 0.3 is 6.18 Å². The van der Waals surface area contributed by atoms with Gasteiger partial charge in [-0.1, -0.05) is 24.3 Å². The van der Waals surface area contributed by atoms with Crippen molar-refractivity contribution in [3.05, 3.63) is 77.1 Å². The van der Waals surface area contributed by atoms with Crippen molar-refractivity contribution in [2.75, 3.05) is 10.6 Å². The molecule has 0 aliphatic carbocycles. The van der Waals surface area contributed by atoms with Crippen LogP contribution in [0.1, 0.15) is 27.2 Å². The number of carbonyl (C=O) groups excluding carboxylic acids is 1. The average molecular weight is 386 g/mol. The Balaban J connectivity index is 1.83. The van der Waals surface area contributed by atoms with Crippen molar-refractivity contribution in [1.82, 2.24) is 9.97 Å². The first-order valence-corrected chi connectivity index (χ1v) is 8.39. The lowest BCUT2D eigenvalue weighted by Gasteiger charge is -2.13. The van der Waals surface area contributed by atoms with Crippen LogP contribution < -0.4 is 10.6 Å². The van der Waals surface area contributed by atoms with Gasteiger partial charge in [-0.2, -0.15) is 13.2 Å². The molecule has 28 heavy (non-hydrogen) atoms. The second-order valence-electron chi connectivity index (χ2n) is 6.21. The molecule has 0 atom stereocenters. The Morgan fingerprint density at radius 3 is 2.50 bits per heavy atom. The molecule has 2 N–H and O–H groups in total. The van der Waals surface area contributed by atoms with Gasteiger partial charge in [0.25, 0.3) is 5.91 Å². The fourth-order valence-electron chi connectivity index (χ4n) is 2.56. The molecule has 1 aromatic heterocycles. The first-order chi connectivity index (χ1) is 13.2. The van der Waals surface area contributed by atoms with E-state index in [1.807, 2.05) is 32.0 Å². The van der Waals surface area contributed by atoms with E-state index in [1.54, 1.807) is 0 Å². The average Bonchev–Trinajstić information content (AvgIpc) is 2.64. The number of benzene rings is 2. The number of anilines is 3. The third-order valence-electron chi connectivity index (χ3n) is 4.01. The minimum atomic E-state index is -4.58. The van der Waals surface area contributed by atoms with Crippen molar-refractivity contribution in [3.8, 4) is 0 Å². The summed E-state index contributed by atoms with van der Waals surface area (Å²) in [6, 6.07) is 11.9. The highest BCUT2D eigenvalue weighted by atomic mass is 19.4. The molecule has 0 bridgehead atoms. The van der Waals surface area contributed by atoms with Gasteiger partial charge in [0.15, 0.2) is 0 Å². The van der Waals surface area contributed by atoms with Crippen LogP contribution in [0.25, 0.3) is 0 Å². The summed E-state index contributed by atoms with van der Waals surface area (Å²) in [4.78, 5) is 20.6. The number of aromatic nitrogens is 2. The second kappa shape index (κ2) is 7.67. The van der Waals surface area contributed by atoms with Crippen LogP contribution in [0.2, 0.25) is 0 Å². The molecule has 3 aromatic rings. The lowest BCUT2D eigenvalue weighted by atomic mass is 10.1. The van der Waals surface area contributed by atoms with Crippen molar-refractivity contribution in [1.29, 1.82) is 0 Å². The molecule has 0 unspecified atom stereocenters. The molecule has 0 saturated heterocycles. The third-order valence-corrected chi connectivity index (χ3v) is 4.01. The maximum atomic E-state index is 13.1. The van der Waals surface area contributed by atoms with E-state index in [0.717, 1.165) is 22.9 Å². The van der Waals surface area contributed by atoms with Gasteiger partial charge in [0, 0.05) is 11.9 Å². The smallest absolute Gasteiger partial charge is 0.324 e. The normalized spacial score (nSPS) is 11.2. The zero-order valence-corrected chi connectivity index (χ0v) is 15.1. The Kier molecular flexibility index (Phi) is 5.30. The van der Waals surface area contributed by atoms with E-state index >= 15 is 0 Å². The van der Waals surface area contributed by atoms with E-state index in [4.69, 9.17) is 0 Å². The Hall–Kier alpha value is -3.42. The van der Waals surface area contributed by atoms with Crippen LogP contribution in [0.5, 0.6) is 0 Å². The van der Waals surface area contributed by atoms with Gasteiger partial charge in [-0.3, -0.25) is 4.79 Å².